The molecule has 0 aliphatic heterocycles. The largest absolute Gasteiger partial charge is 0.454 e. The van der Waals surface area contributed by atoms with E-state index in [0.29, 0.717) is 0 Å². The van der Waals surface area contributed by atoms with E-state index in [9.17, 15) is 0 Å². The molecule has 0 aliphatic carbocycles. The summed E-state index contributed by atoms with van der Waals surface area (Å²) in [5.41, 5.74) is 8.38. The molecule has 8 rings (SSSR count). The monoisotopic (exact) mass is 518 g/mol. The Morgan fingerprint density at radius 2 is 1.28 bits per heavy atom. The number of hydrogen-bond acceptors (Lipinski definition) is 4. The molecule has 0 N–H and O–H groups in total. The number of aromatic nitrogens is 1. The van der Waals surface area contributed by atoms with Crippen molar-refractivity contribution in [1.82, 2.24) is 4.98 Å². The van der Waals surface area contributed by atoms with Gasteiger partial charge in [0.1, 0.15) is 5.58 Å². The molecule has 0 fully saturated rings. The third kappa shape index (κ3) is 3.53. The van der Waals surface area contributed by atoms with Crippen LogP contribution in [0.5, 0.6) is 0 Å². The van der Waals surface area contributed by atoms with E-state index in [2.05, 4.69) is 108 Å². The van der Waals surface area contributed by atoms with Crippen LogP contribution in [0.2, 0.25) is 0 Å². The van der Waals surface area contributed by atoms with Crippen molar-refractivity contribution in [1.29, 1.82) is 0 Å². The van der Waals surface area contributed by atoms with E-state index < -0.39 is 0 Å². The highest BCUT2D eigenvalue weighted by molar-refractivity contribution is 7.26. The van der Waals surface area contributed by atoms with Gasteiger partial charge in [0.2, 0.25) is 0 Å². The zero-order chi connectivity index (χ0) is 25.8. The van der Waals surface area contributed by atoms with Crippen LogP contribution in [0.1, 0.15) is 0 Å². The predicted octanol–water partition coefficient (Wildman–Crippen LogP) is 10.5. The van der Waals surface area contributed by atoms with Crippen LogP contribution in [0.25, 0.3) is 53.4 Å². The summed E-state index contributed by atoms with van der Waals surface area (Å²) in [5.74, 6) is 0. The Balaban J connectivity index is 1.40. The molecule has 8 aromatic rings. The summed E-state index contributed by atoms with van der Waals surface area (Å²) >= 11 is 1.78. The summed E-state index contributed by atoms with van der Waals surface area (Å²) in [6.07, 6.45) is 1.87. The first-order valence-electron chi connectivity index (χ1n) is 13.0. The summed E-state index contributed by atoms with van der Waals surface area (Å²) < 4.78 is 8.90. The van der Waals surface area contributed by atoms with E-state index in [1.54, 1.807) is 11.3 Å². The van der Waals surface area contributed by atoms with Crippen LogP contribution in [-0.2, 0) is 0 Å². The van der Waals surface area contributed by atoms with E-state index in [-0.39, 0.29) is 0 Å². The Morgan fingerprint density at radius 3 is 2.15 bits per heavy atom. The molecule has 0 bridgehead atoms. The van der Waals surface area contributed by atoms with E-state index in [1.807, 2.05) is 30.5 Å². The Labute approximate surface area is 229 Å². The minimum Gasteiger partial charge on any atom is -0.454 e. The minimum atomic E-state index is 0.877. The quantitative estimate of drug-likeness (QED) is 0.232. The highest BCUT2D eigenvalue weighted by Gasteiger charge is 2.22. The highest BCUT2D eigenvalue weighted by atomic mass is 32.1. The lowest BCUT2D eigenvalue weighted by molar-refractivity contribution is 0.669. The van der Waals surface area contributed by atoms with Crippen LogP contribution in [-0.4, -0.2) is 4.98 Å². The second kappa shape index (κ2) is 8.83. The average Bonchev–Trinajstić information content (AvgIpc) is 3.58. The number of benzene rings is 5. The third-order valence-electron chi connectivity index (χ3n) is 7.33. The van der Waals surface area contributed by atoms with Crippen molar-refractivity contribution in [2.24, 2.45) is 0 Å². The molecular formula is C35H22N2OS. The number of fused-ring (bicyclic) bond motifs is 6. The van der Waals surface area contributed by atoms with Crippen molar-refractivity contribution < 1.29 is 4.42 Å². The molecule has 3 aromatic heterocycles. The highest BCUT2D eigenvalue weighted by Crippen LogP contribution is 2.47. The second-order valence-corrected chi connectivity index (χ2v) is 10.7. The first kappa shape index (κ1) is 22.1. The zero-order valence-electron chi connectivity index (χ0n) is 20.9. The van der Waals surface area contributed by atoms with Crippen LogP contribution >= 0.6 is 11.3 Å². The lowest BCUT2D eigenvalue weighted by Crippen LogP contribution is -2.10. The van der Waals surface area contributed by atoms with Gasteiger partial charge >= 0.3 is 0 Å². The van der Waals surface area contributed by atoms with Crippen molar-refractivity contribution in [2.75, 3.05) is 4.90 Å². The van der Waals surface area contributed by atoms with Crippen LogP contribution in [0.4, 0.5) is 17.1 Å². The molecule has 0 saturated carbocycles. The van der Waals surface area contributed by atoms with Gasteiger partial charge in [0.25, 0.3) is 0 Å². The minimum absolute atomic E-state index is 0.877. The van der Waals surface area contributed by atoms with Crippen LogP contribution in [0.3, 0.4) is 0 Å². The lowest BCUT2D eigenvalue weighted by Gasteiger charge is -2.26. The lowest BCUT2D eigenvalue weighted by atomic mass is 10.0. The molecule has 0 atom stereocenters. The molecule has 4 heteroatoms. The van der Waals surface area contributed by atoms with Gasteiger partial charge in [0.05, 0.1) is 26.3 Å². The summed E-state index contributed by atoms with van der Waals surface area (Å²) in [6, 6.07) is 44.6. The Morgan fingerprint density at radius 1 is 0.564 bits per heavy atom. The molecule has 0 amide bonds. The van der Waals surface area contributed by atoms with Gasteiger partial charge in [0, 0.05) is 28.0 Å². The van der Waals surface area contributed by atoms with Gasteiger partial charge < -0.3 is 9.32 Å². The fourth-order valence-electron chi connectivity index (χ4n) is 5.53. The topological polar surface area (TPSA) is 29.3 Å². The van der Waals surface area contributed by atoms with Gasteiger partial charge in [-0.05, 0) is 53.6 Å². The average molecular weight is 519 g/mol. The first-order valence-corrected chi connectivity index (χ1v) is 13.8. The first-order chi connectivity index (χ1) is 19.3. The third-order valence-corrected chi connectivity index (χ3v) is 8.51. The molecule has 3 heterocycles. The molecule has 0 saturated heterocycles. The fourth-order valence-corrected chi connectivity index (χ4v) is 6.69. The van der Waals surface area contributed by atoms with E-state index >= 15 is 0 Å². The number of rotatable bonds is 4. The second-order valence-electron chi connectivity index (χ2n) is 9.61. The van der Waals surface area contributed by atoms with Gasteiger partial charge in [-0.2, -0.15) is 0 Å². The van der Waals surface area contributed by atoms with Crippen molar-refractivity contribution in [3.05, 3.63) is 134 Å². The van der Waals surface area contributed by atoms with Gasteiger partial charge in [-0.3, -0.25) is 4.98 Å². The Bertz CT molecular complexity index is 2010. The van der Waals surface area contributed by atoms with E-state index in [1.165, 1.54) is 20.5 Å². The molecule has 0 radical (unpaired) electrons. The van der Waals surface area contributed by atoms with Gasteiger partial charge in [-0.1, -0.05) is 84.9 Å². The van der Waals surface area contributed by atoms with Crippen LogP contribution in [0, 0.1) is 0 Å². The molecule has 5 aromatic carbocycles. The molecular weight excluding hydrogens is 496 g/mol. The number of anilines is 3. The van der Waals surface area contributed by atoms with Crippen molar-refractivity contribution in [2.45, 2.75) is 0 Å². The fraction of sp³-hybridized carbons (Fsp3) is 0. The summed E-state index contributed by atoms with van der Waals surface area (Å²) in [7, 11) is 0. The SMILES string of the molecule is c1ccc(-c2ccc(N(c3cccc4c3oc3ccccc34)c3cccc4c3sc3cccnc34)cc2)cc1. The standard InChI is InChI=1S/C35H22N2OS/c1-2-9-23(10-3-1)24-18-20-25(21-19-24)37(29-14-6-12-27-26-11-4-5-16-31(26)38-34(27)29)30-15-7-13-28-33-32(39-35(28)30)17-8-22-36-33/h1-22H. The molecule has 0 unspecified atom stereocenters. The smallest absolute Gasteiger partial charge is 0.159 e. The van der Waals surface area contributed by atoms with E-state index in [4.69, 9.17) is 9.40 Å². The number of thiophene rings is 1. The molecule has 0 spiro atoms. The molecule has 0 aliphatic rings. The van der Waals surface area contributed by atoms with Crippen molar-refractivity contribution >= 4 is 70.6 Å². The zero-order valence-corrected chi connectivity index (χ0v) is 21.7. The predicted molar refractivity (Wildman–Crippen MR) is 165 cm³/mol. The number of hydrogen-bond donors (Lipinski definition) is 0. The maximum absolute atomic E-state index is 6.52. The maximum Gasteiger partial charge on any atom is 0.159 e. The van der Waals surface area contributed by atoms with Gasteiger partial charge in [-0.15, -0.1) is 11.3 Å². The van der Waals surface area contributed by atoms with E-state index in [0.717, 1.165) is 49.9 Å². The summed E-state index contributed by atoms with van der Waals surface area (Å²) in [4.78, 5) is 7.04. The van der Waals surface area contributed by atoms with Crippen LogP contribution in [0.15, 0.2) is 138 Å². The number of furan rings is 1. The Kier molecular flexibility index (Phi) is 5.00. The molecule has 184 valence electrons. The van der Waals surface area contributed by atoms with Crippen LogP contribution < -0.4 is 4.90 Å². The Hall–Kier alpha value is -4.93. The van der Waals surface area contributed by atoms with Gasteiger partial charge in [0.15, 0.2) is 5.58 Å². The maximum atomic E-state index is 6.52. The van der Waals surface area contributed by atoms with Crippen molar-refractivity contribution in [3.63, 3.8) is 0 Å². The molecule has 3 nitrogen and oxygen atoms in total. The summed E-state index contributed by atoms with van der Waals surface area (Å²) in [6.45, 7) is 0. The van der Waals surface area contributed by atoms with Gasteiger partial charge in [-0.25, -0.2) is 0 Å². The molecule has 39 heavy (non-hydrogen) atoms. The summed E-state index contributed by atoms with van der Waals surface area (Å²) in [5, 5.41) is 3.40. The number of nitrogens with zero attached hydrogens (tertiary/aromatic N) is 2. The number of pyridine rings is 1. The normalized spacial score (nSPS) is 11.6. The van der Waals surface area contributed by atoms with Crippen molar-refractivity contribution in [3.8, 4) is 11.1 Å². The number of para-hydroxylation sites is 2.